The molecular formula is C11H24N2O2. The van der Waals surface area contributed by atoms with Gasteiger partial charge in [-0.2, -0.15) is 0 Å². The van der Waals surface area contributed by atoms with Crippen LogP contribution in [0.4, 0.5) is 0 Å². The summed E-state index contributed by atoms with van der Waals surface area (Å²) in [6.07, 6.45) is 0. The second-order valence-electron chi connectivity index (χ2n) is 5.44. The maximum atomic E-state index is 10.1. The molecule has 1 unspecified atom stereocenters. The Morgan fingerprint density at radius 1 is 1.33 bits per heavy atom. The van der Waals surface area contributed by atoms with Gasteiger partial charge in [0.15, 0.2) is 0 Å². The predicted octanol–water partition coefficient (Wildman–Crippen LogP) is 0.0676. The molecule has 90 valence electrons. The van der Waals surface area contributed by atoms with Crippen LogP contribution in [0.25, 0.3) is 0 Å². The van der Waals surface area contributed by atoms with Gasteiger partial charge in [0.05, 0.1) is 12.2 Å². The SMILES string of the molecule is COCCN1CC(C)(O)CNC(C)(C)C1. The lowest BCUT2D eigenvalue weighted by atomic mass is 10.1. The number of aliphatic hydroxyl groups is 1. The molecule has 0 spiro atoms. The second kappa shape index (κ2) is 4.78. The largest absolute Gasteiger partial charge is 0.388 e. The topological polar surface area (TPSA) is 44.7 Å². The highest BCUT2D eigenvalue weighted by Gasteiger charge is 2.33. The maximum absolute atomic E-state index is 10.1. The van der Waals surface area contributed by atoms with Gasteiger partial charge in [0.25, 0.3) is 0 Å². The van der Waals surface area contributed by atoms with Crippen molar-refractivity contribution < 1.29 is 9.84 Å². The van der Waals surface area contributed by atoms with Crippen LogP contribution in [0, 0.1) is 0 Å². The Kier molecular flexibility index (Phi) is 4.12. The molecule has 1 fully saturated rings. The Bertz CT molecular complexity index is 187. The van der Waals surface area contributed by atoms with E-state index in [0.29, 0.717) is 19.7 Å². The third-order valence-electron chi connectivity index (χ3n) is 2.74. The fourth-order valence-electron chi connectivity index (χ4n) is 2.02. The number of nitrogens with one attached hydrogen (secondary N) is 1. The van der Waals surface area contributed by atoms with Gasteiger partial charge in [-0.15, -0.1) is 0 Å². The molecule has 1 rings (SSSR count). The summed E-state index contributed by atoms with van der Waals surface area (Å²) in [7, 11) is 1.71. The summed E-state index contributed by atoms with van der Waals surface area (Å²) < 4.78 is 5.08. The summed E-state index contributed by atoms with van der Waals surface area (Å²) in [5.74, 6) is 0. The first-order chi connectivity index (χ1) is 6.85. The second-order valence-corrected chi connectivity index (χ2v) is 5.44. The molecule has 1 atom stereocenters. The number of nitrogens with zero attached hydrogens (tertiary/aromatic N) is 1. The molecule has 1 saturated heterocycles. The van der Waals surface area contributed by atoms with E-state index in [9.17, 15) is 5.11 Å². The van der Waals surface area contributed by atoms with Crippen LogP contribution >= 0.6 is 0 Å². The summed E-state index contributed by atoms with van der Waals surface area (Å²) in [4.78, 5) is 2.25. The van der Waals surface area contributed by atoms with Gasteiger partial charge in [-0.25, -0.2) is 0 Å². The lowest BCUT2D eigenvalue weighted by Gasteiger charge is -2.30. The van der Waals surface area contributed by atoms with Crippen molar-refractivity contribution in [2.75, 3.05) is 39.9 Å². The highest BCUT2D eigenvalue weighted by atomic mass is 16.5. The number of methoxy groups -OCH3 is 1. The quantitative estimate of drug-likeness (QED) is 0.700. The molecule has 0 radical (unpaired) electrons. The van der Waals surface area contributed by atoms with Crippen molar-refractivity contribution in [2.45, 2.75) is 31.9 Å². The molecule has 0 aromatic carbocycles. The molecule has 0 aliphatic carbocycles. The van der Waals surface area contributed by atoms with E-state index in [1.807, 2.05) is 6.92 Å². The van der Waals surface area contributed by atoms with Crippen LogP contribution in [-0.4, -0.2) is 61.0 Å². The maximum Gasteiger partial charge on any atom is 0.0869 e. The lowest BCUT2D eigenvalue weighted by molar-refractivity contribution is 0.0273. The molecule has 0 aromatic heterocycles. The zero-order chi connectivity index (χ0) is 11.5. The summed E-state index contributed by atoms with van der Waals surface area (Å²) in [6.45, 7) is 10.1. The van der Waals surface area contributed by atoms with E-state index in [0.717, 1.165) is 13.1 Å². The van der Waals surface area contributed by atoms with Gasteiger partial charge >= 0.3 is 0 Å². The number of ether oxygens (including phenoxy) is 1. The predicted molar refractivity (Wildman–Crippen MR) is 61.0 cm³/mol. The van der Waals surface area contributed by atoms with Gasteiger partial charge in [-0.3, -0.25) is 4.90 Å². The monoisotopic (exact) mass is 216 g/mol. The first-order valence-electron chi connectivity index (χ1n) is 5.53. The van der Waals surface area contributed by atoms with Gasteiger partial charge in [0.1, 0.15) is 0 Å². The fourth-order valence-corrected chi connectivity index (χ4v) is 2.02. The lowest BCUT2D eigenvalue weighted by Crippen LogP contribution is -2.47. The van der Waals surface area contributed by atoms with Crippen LogP contribution < -0.4 is 5.32 Å². The summed E-state index contributed by atoms with van der Waals surface area (Å²) in [6, 6.07) is 0. The Hall–Kier alpha value is -0.160. The Balaban J connectivity index is 2.60. The molecule has 0 bridgehead atoms. The van der Waals surface area contributed by atoms with E-state index in [-0.39, 0.29) is 5.54 Å². The van der Waals surface area contributed by atoms with E-state index in [4.69, 9.17) is 4.74 Å². The Labute approximate surface area is 92.6 Å². The molecule has 0 saturated carbocycles. The van der Waals surface area contributed by atoms with Crippen LogP contribution in [0.3, 0.4) is 0 Å². The van der Waals surface area contributed by atoms with Gasteiger partial charge in [-0.05, 0) is 20.8 Å². The zero-order valence-electron chi connectivity index (χ0n) is 10.3. The number of rotatable bonds is 3. The molecule has 4 nitrogen and oxygen atoms in total. The van der Waals surface area contributed by atoms with E-state index in [2.05, 4.69) is 24.1 Å². The van der Waals surface area contributed by atoms with E-state index in [1.54, 1.807) is 7.11 Å². The van der Waals surface area contributed by atoms with E-state index in [1.165, 1.54) is 0 Å². The van der Waals surface area contributed by atoms with Crippen LogP contribution in [0.2, 0.25) is 0 Å². The summed E-state index contributed by atoms with van der Waals surface area (Å²) in [5, 5.41) is 13.5. The summed E-state index contributed by atoms with van der Waals surface area (Å²) in [5.41, 5.74) is -0.601. The number of hydrogen-bond donors (Lipinski definition) is 2. The molecule has 0 amide bonds. The van der Waals surface area contributed by atoms with Crippen molar-refractivity contribution in [3.8, 4) is 0 Å². The Morgan fingerprint density at radius 2 is 2.00 bits per heavy atom. The molecule has 0 aromatic rings. The molecule has 1 aliphatic heterocycles. The standard InChI is InChI=1S/C11H24N2O2/c1-10(2)8-13(5-6-15-4)9-11(3,14)7-12-10/h12,14H,5-9H2,1-4H3. The number of β-amino-alcohol motifs (C(OH)–C–C–N with tert-alkyl or cyclic N) is 1. The fraction of sp³-hybridized carbons (Fsp3) is 1.00. The first-order valence-corrected chi connectivity index (χ1v) is 5.53. The van der Waals surface area contributed by atoms with E-state index < -0.39 is 5.60 Å². The van der Waals surface area contributed by atoms with Crippen molar-refractivity contribution >= 4 is 0 Å². The van der Waals surface area contributed by atoms with Gasteiger partial charge < -0.3 is 15.2 Å². The molecule has 4 heteroatoms. The van der Waals surface area contributed by atoms with Crippen LogP contribution in [0.15, 0.2) is 0 Å². The smallest absolute Gasteiger partial charge is 0.0869 e. The average molecular weight is 216 g/mol. The van der Waals surface area contributed by atoms with Crippen molar-refractivity contribution in [3.63, 3.8) is 0 Å². The minimum absolute atomic E-state index is 0.0498. The minimum atomic E-state index is -0.651. The van der Waals surface area contributed by atoms with Crippen LogP contribution in [0.5, 0.6) is 0 Å². The van der Waals surface area contributed by atoms with Crippen molar-refractivity contribution in [1.82, 2.24) is 10.2 Å². The normalized spacial score (nSPS) is 32.6. The Morgan fingerprint density at radius 3 is 2.60 bits per heavy atom. The van der Waals surface area contributed by atoms with Gasteiger partial charge in [-0.1, -0.05) is 0 Å². The van der Waals surface area contributed by atoms with Crippen molar-refractivity contribution in [1.29, 1.82) is 0 Å². The van der Waals surface area contributed by atoms with Crippen molar-refractivity contribution in [3.05, 3.63) is 0 Å². The molecule has 1 heterocycles. The average Bonchev–Trinajstić information content (AvgIpc) is 2.20. The van der Waals surface area contributed by atoms with Crippen LogP contribution in [-0.2, 0) is 4.74 Å². The van der Waals surface area contributed by atoms with Crippen molar-refractivity contribution in [2.24, 2.45) is 0 Å². The highest BCUT2D eigenvalue weighted by molar-refractivity contribution is 4.92. The third kappa shape index (κ3) is 4.47. The first kappa shape index (κ1) is 12.9. The molecule has 1 aliphatic rings. The van der Waals surface area contributed by atoms with Gasteiger partial charge in [0, 0.05) is 38.8 Å². The third-order valence-corrected chi connectivity index (χ3v) is 2.74. The van der Waals surface area contributed by atoms with Crippen LogP contribution in [0.1, 0.15) is 20.8 Å². The van der Waals surface area contributed by atoms with E-state index >= 15 is 0 Å². The minimum Gasteiger partial charge on any atom is -0.388 e. The number of hydrogen-bond acceptors (Lipinski definition) is 4. The molecule has 2 N–H and O–H groups in total. The zero-order valence-corrected chi connectivity index (χ0v) is 10.3. The summed E-state index contributed by atoms with van der Waals surface area (Å²) >= 11 is 0. The molecular weight excluding hydrogens is 192 g/mol. The highest BCUT2D eigenvalue weighted by Crippen LogP contribution is 2.16. The van der Waals surface area contributed by atoms with Gasteiger partial charge in [0.2, 0.25) is 0 Å². The molecule has 15 heavy (non-hydrogen) atoms.